The molecule has 8 heteroatoms. The summed E-state index contributed by atoms with van der Waals surface area (Å²) in [7, 11) is 3.14. The van der Waals surface area contributed by atoms with E-state index in [0.29, 0.717) is 17.2 Å². The number of nitrogens with one attached hydrogen (secondary N) is 1. The summed E-state index contributed by atoms with van der Waals surface area (Å²) >= 11 is 0. The molecule has 0 radical (unpaired) electrons. The second kappa shape index (κ2) is 8.22. The molecule has 3 rings (SSSR count). The molecule has 8 nitrogen and oxygen atoms in total. The van der Waals surface area contributed by atoms with Crippen molar-refractivity contribution < 1.29 is 23.6 Å². The standard InChI is InChI=1S/C19H19N3O5/c1-12-10-13(8-9-14(12)24-2)18-19(22-27-21-18)20-17(23)11-26-16-7-5-4-6-15(16)25-3/h4-10H,11H2,1-3H3,(H,20,22,23). The van der Waals surface area contributed by atoms with Gasteiger partial charge >= 0.3 is 0 Å². The number of carbonyl (C=O) groups excluding carboxylic acids is 1. The summed E-state index contributed by atoms with van der Waals surface area (Å²) in [5, 5.41) is 10.3. The van der Waals surface area contributed by atoms with Crippen LogP contribution in [0, 0.1) is 6.92 Å². The molecule has 0 spiro atoms. The number of hydrogen-bond donors (Lipinski definition) is 1. The van der Waals surface area contributed by atoms with Gasteiger partial charge in [-0.05, 0) is 53.1 Å². The van der Waals surface area contributed by atoms with Gasteiger partial charge in [0, 0.05) is 5.56 Å². The van der Waals surface area contributed by atoms with Crippen molar-refractivity contribution in [3.05, 3.63) is 48.0 Å². The van der Waals surface area contributed by atoms with Gasteiger partial charge in [0.2, 0.25) is 5.82 Å². The van der Waals surface area contributed by atoms with Gasteiger partial charge in [0.05, 0.1) is 14.2 Å². The molecule has 0 aliphatic heterocycles. The summed E-state index contributed by atoms with van der Waals surface area (Å²) < 4.78 is 20.7. The Morgan fingerprint density at radius 2 is 1.78 bits per heavy atom. The van der Waals surface area contributed by atoms with Crippen LogP contribution in [0.3, 0.4) is 0 Å². The van der Waals surface area contributed by atoms with Crippen LogP contribution in [0.15, 0.2) is 47.1 Å². The second-order valence-electron chi connectivity index (χ2n) is 5.63. The summed E-state index contributed by atoms with van der Waals surface area (Å²) in [6, 6.07) is 12.6. The number of hydrogen-bond acceptors (Lipinski definition) is 7. The lowest BCUT2D eigenvalue weighted by molar-refractivity contribution is -0.118. The Balaban J connectivity index is 1.69. The zero-order valence-electron chi connectivity index (χ0n) is 15.2. The number of anilines is 1. The highest BCUT2D eigenvalue weighted by Gasteiger charge is 2.17. The predicted molar refractivity (Wildman–Crippen MR) is 98.1 cm³/mol. The molecule has 0 bridgehead atoms. The fourth-order valence-electron chi connectivity index (χ4n) is 2.54. The Morgan fingerprint density at radius 1 is 1.04 bits per heavy atom. The number of carbonyl (C=O) groups is 1. The fraction of sp³-hybridized carbons (Fsp3) is 0.211. The summed E-state index contributed by atoms with van der Waals surface area (Å²) in [4.78, 5) is 12.2. The average molecular weight is 369 g/mol. The second-order valence-corrected chi connectivity index (χ2v) is 5.63. The molecule has 0 fully saturated rings. The van der Waals surface area contributed by atoms with Crippen LogP contribution in [0.5, 0.6) is 17.2 Å². The largest absolute Gasteiger partial charge is 0.496 e. The summed E-state index contributed by atoms with van der Waals surface area (Å²) in [6.45, 7) is 1.70. The maximum Gasteiger partial charge on any atom is 0.263 e. The van der Waals surface area contributed by atoms with Crippen LogP contribution in [0.1, 0.15) is 5.56 Å². The molecule has 0 unspecified atom stereocenters. The van der Waals surface area contributed by atoms with Crippen LogP contribution in [0.4, 0.5) is 5.82 Å². The normalized spacial score (nSPS) is 10.3. The number of benzene rings is 2. The molecule has 1 N–H and O–H groups in total. The zero-order valence-corrected chi connectivity index (χ0v) is 15.2. The zero-order chi connectivity index (χ0) is 19.2. The van der Waals surface area contributed by atoms with E-state index >= 15 is 0 Å². The number of amides is 1. The number of aromatic nitrogens is 2. The minimum absolute atomic E-state index is 0.214. The first-order chi connectivity index (χ1) is 13.1. The quantitative estimate of drug-likeness (QED) is 0.684. The monoisotopic (exact) mass is 369 g/mol. The van der Waals surface area contributed by atoms with Crippen LogP contribution < -0.4 is 19.5 Å². The van der Waals surface area contributed by atoms with E-state index < -0.39 is 5.91 Å². The molecule has 0 saturated carbocycles. The van der Waals surface area contributed by atoms with Crippen molar-refractivity contribution in [3.63, 3.8) is 0 Å². The van der Waals surface area contributed by atoms with Crippen molar-refractivity contribution in [2.24, 2.45) is 0 Å². The third kappa shape index (κ3) is 4.17. The molecule has 140 valence electrons. The summed E-state index contributed by atoms with van der Waals surface area (Å²) in [5.41, 5.74) is 2.09. The van der Waals surface area contributed by atoms with E-state index in [4.69, 9.17) is 18.8 Å². The third-order valence-electron chi connectivity index (χ3n) is 3.84. The van der Waals surface area contributed by atoms with E-state index in [1.807, 2.05) is 31.2 Å². The van der Waals surface area contributed by atoms with Crippen molar-refractivity contribution in [2.75, 3.05) is 26.1 Å². The maximum absolute atomic E-state index is 12.2. The Hall–Kier alpha value is -3.55. The lowest BCUT2D eigenvalue weighted by atomic mass is 10.1. The molecule has 0 atom stereocenters. The van der Waals surface area contributed by atoms with E-state index in [2.05, 4.69) is 15.6 Å². The summed E-state index contributed by atoms with van der Waals surface area (Å²) in [6.07, 6.45) is 0. The van der Waals surface area contributed by atoms with Gasteiger partial charge in [-0.15, -0.1) is 0 Å². The molecular weight excluding hydrogens is 350 g/mol. The predicted octanol–water partition coefficient (Wildman–Crippen LogP) is 3.08. The maximum atomic E-state index is 12.2. The number of nitrogens with zero attached hydrogens (tertiary/aromatic N) is 2. The highest BCUT2D eigenvalue weighted by molar-refractivity contribution is 5.94. The van der Waals surface area contributed by atoms with E-state index in [9.17, 15) is 4.79 Å². The molecule has 3 aromatic rings. The average Bonchev–Trinajstić information content (AvgIpc) is 3.14. The number of ether oxygens (including phenoxy) is 3. The molecular formula is C19H19N3O5. The van der Waals surface area contributed by atoms with Crippen molar-refractivity contribution in [3.8, 4) is 28.5 Å². The van der Waals surface area contributed by atoms with E-state index in [1.54, 1.807) is 25.3 Å². The van der Waals surface area contributed by atoms with E-state index in [-0.39, 0.29) is 12.4 Å². The minimum Gasteiger partial charge on any atom is -0.496 e. The smallest absolute Gasteiger partial charge is 0.263 e. The highest BCUT2D eigenvalue weighted by Crippen LogP contribution is 2.29. The van der Waals surface area contributed by atoms with Gasteiger partial charge in [0.25, 0.3) is 5.91 Å². The molecule has 1 heterocycles. The van der Waals surface area contributed by atoms with Gasteiger partial charge in [-0.2, -0.15) is 0 Å². The number of aryl methyl sites for hydroxylation is 1. The molecule has 0 aliphatic carbocycles. The number of rotatable bonds is 7. The highest BCUT2D eigenvalue weighted by atomic mass is 16.6. The minimum atomic E-state index is -0.400. The van der Waals surface area contributed by atoms with Crippen LogP contribution in [0.25, 0.3) is 11.3 Å². The fourth-order valence-corrected chi connectivity index (χ4v) is 2.54. The van der Waals surface area contributed by atoms with Gasteiger partial charge in [-0.25, -0.2) is 4.63 Å². The Morgan fingerprint density at radius 3 is 2.48 bits per heavy atom. The van der Waals surface area contributed by atoms with Gasteiger partial charge in [-0.1, -0.05) is 12.1 Å². The first kappa shape index (κ1) is 18.2. The van der Waals surface area contributed by atoms with E-state index in [1.165, 1.54) is 7.11 Å². The van der Waals surface area contributed by atoms with Crippen LogP contribution in [-0.2, 0) is 4.79 Å². The van der Waals surface area contributed by atoms with Crippen molar-refractivity contribution in [2.45, 2.75) is 6.92 Å². The molecule has 1 aromatic heterocycles. The van der Waals surface area contributed by atoms with Crippen LogP contribution >= 0.6 is 0 Å². The topological polar surface area (TPSA) is 95.7 Å². The molecule has 2 aromatic carbocycles. The Bertz CT molecular complexity index is 939. The SMILES string of the molecule is COc1ccc(-c2nonc2NC(=O)COc2ccccc2OC)cc1C. The van der Waals surface area contributed by atoms with Gasteiger partial charge < -0.3 is 19.5 Å². The van der Waals surface area contributed by atoms with Gasteiger partial charge in [-0.3, -0.25) is 4.79 Å². The van der Waals surface area contributed by atoms with Gasteiger partial charge in [0.1, 0.15) is 5.75 Å². The summed E-state index contributed by atoms with van der Waals surface area (Å²) in [5.74, 6) is 1.59. The molecule has 0 saturated heterocycles. The van der Waals surface area contributed by atoms with E-state index in [0.717, 1.165) is 16.9 Å². The molecule has 1 amide bonds. The molecule has 0 aliphatic rings. The number of methoxy groups -OCH3 is 2. The first-order valence-electron chi connectivity index (χ1n) is 8.15. The lowest BCUT2D eigenvalue weighted by Gasteiger charge is -2.10. The van der Waals surface area contributed by atoms with Crippen LogP contribution in [-0.4, -0.2) is 37.0 Å². The van der Waals surface area contributed by atoms with Crippen molar-refractivity contribution in [1.29, 1.82) is 0 Å². The Kier molecular flexibility index (Phi) is 5.55. The Labute approximate surface area is 156 Å². The van der Waals surface area contributed by atoms with Gasteiger partial charge in [0.15, 0.2) is 23.8 Å². The molecule has 27 heavy (non-hydrogen) atoms. The van der Waals surface area contributed by atoms with Crippen molar-refractivity contribution in [1.82, 2.24) is 10.3 Å². The van der Waals surface area contributed by atoms with Crippen LogP contribution in [0.2, 0.25) is 0 Å². The van der Waals surface area contributed by atoms with Crippen molar-refractivity contribution >= 4 is 11.7 Å². The number of para-hydroxylation sites is 2. The first-order valence-corrected chi connectivity index (χ1v) is 8.15. The third-order valence-corrected chi connectivity index (χ3v) is 3.84. The lowest BCUT2D eigenvalue weighted by Crippen LogP contribution is -2.20.